The van der Waals surface area contributed by atoms with Gasteiger partial charge >= 0.3 is 0 Å². The van der Waals surface area contributed by atoms with Crippen LogP contribution in [0.2, 0.25) is 0 Å². The first kappa shape index (κ1) is 11.9. The van der Waals surface area contributed by atoms with E-state index < -0.39 is 0 Å². The maximum Gasteiger partial charge on any atom is 0.158 e. The predicted octanol–water partition coefficient (Wildman–Crippen LogP) is 3.98. The minimum atomic E-state index is 0.296. The highest BCUT2D eigenvalue weighted by Gasteiger charge is 2.50. The SMILES string of the molecule is CC1=CC[C@]2(CC1=O)[C@H](C)CC[C@@H]2C(C)C. The van der Waals surface area contributed by atoms with Crippen molar-refractivity contribution in [2.24, 2.45) is 23.2 Å². The summed E-state index contributed by atoms with van der Waals surface area (Å²) in [6, 6.07) is 0. The summed E-state index contributed by atoms with van der Waals surface area (Å²) < 4.78 is 0. The number of hydrogen-bond acceptors (Lipinski definition) is 1. The lowest BCUT2D eigenvalue weighted by Gasteiger charge is -2.42. The van der Waals surface area contributed by atoms with Crippen LogP contribution in [0.1, 0.15) is 53.4 Å². The van der Waals surface area contributed by atoms with Gasteiger partial charge in [-0.15, -0.1) is 0 Å². The number of Topliss-reactive ketones (excluding diaryl/α,β-unsaturated/α-hetero) is 1. The number of carbonyl (C=O) groups excluding carboxylic acids is 1. The summed E-state index contributed by atoms with van der Waals surface area (Å²) in [6.07, 6.45) is 6.76. The van der Waals surface area contributed by atoms with Gasteiger partial charge in [0.1, 0.15) is 0 Å². The molecular weight excluding hydrogens is 196 g/mol. The highest BCUT2D eigenvalue weighted by Crippen LogP contribution is 2.57. The number of rotatable bonds is 1. The van der Waals surface area contributed by atoms with Gasteiger partial charge in [0.05, 0.1) is 0 Å². The van der Waals surface area contributed by atoms with Gasteiger partial charge < -0.3 is 0 Å². The fraction of sp³-hybridized carbons (Fsp3) is 0.800. The molecule has 90 valence electrons. The second-order valence-electron chi connectivity index (χ2n) is 6.25. The Balaban J connectivity index is 2.32. The summed E-state index contributed by atoms with van der Waals surface area (Å²) in [5, 5.41) is 0. The van der Waals surface area contributed by atoms with E-state index in [-0.39, 0.29) is 0 Å². The molecule has 3 atom stereocenters. The van der Waals surface area contributed by atoms with Gasteiger partial charge in [0, 0.05) is 6.42 Å². The van der Waals surface area contributed by atoms with Crippen molar-refractivity contribution in [3.05, 3.63) is 11.6 Å². The molecule has 1 fully saturated rings. The van der Waals surface area contributed by atoms with Crippen LogP contribution < -0.4 is 0 Å². The van der Waals surface area contributed by atoms with Gasteiger partial charge in [-0.3, -0.25) is 4.79 Å². The summed E-state index contributed by atoms with van der Waals surface area (Å²) in [5.41, 5.74) is 1.29. The van der Waals surface area contributed by atoms with Gasteiger partial charge in [0.25, 0.3) is 0 Å². The summed E-state index contributed by atoms with van der Waals surface area (Å²) in [7, 11) is 0. The molecule has 0 aromatic carbocycles. The Hall–Kier alpha value is -0.590. The molecular formula is C15H24O. The molecule has 0 aliphatic heterocycles. The Labute approximate surface area is 99.3 Å². The van der Waals surface area contributed by atoms with Crippen LogP contribution in [0.4, 0.5) is 0 Å². The second kappa shape index (κ2) is 4.01. The van der Waals surface area contributed by atoms with Crippen LogP contribution in [0, 0.1) is 23.2 Å². The van der Waals surface area contributed by atoms with Crippen LogP contribution in [0.5, 0.6) is 0 Å². The average Bonchev–Trinajstić information content (AvgIpc) is 2.51. The first-order valence-electron chi connectivity index (χ1n) is 6.67. The molecule has 16 heavy (non-hydrogen) atoms. The molecule has 2 aliphatic carbocycles. The number of carbonyl (C=O) groups is 1. The number of hydrogen-bond donors (Lipinski definition) is 0. The fourth-order valence-electron chi connectivity index (χ4n) is 3.99. The molecule has 0 amide bonds. The first-order chi connectivity index (χ1) is 7.47. The average molecular weight is 220 g/mol. The molecule has 0 radical (unpaired) electrons. The van der Waals surface area contributed by atoms with E-state index in [2.05, 4.69) is 26.8 Å². The summed E-state index contributed by atoms with van der Waals surface area (Å²) >= 11 is 0. The molecule has 0 saturated heterocycles. The van der Waals surface area contributed by atoms with E-state index in [9.17, 15) is 4.79 Å². The lowest BCUT2D eigenvalue weighted by Crippen LogP contribution is -2.38. The van der Waals surface area contributed by atoms with Crippen LogP contribution >= 0.6 is 0 Å². The van der Waals surface area contributed by atoms with E-state index in [1.165, 1.54) is 12.8 Å². The van der Waals surface area contributed by atoms with Crippen molar-refractivity contribution in [2.45, 2.75) is 53.4 Å². The molecule has 1 heteroatoms. The maximum absolute atomic E-state index is 12.0. The van der Waals surface area contributed by atoms with E-state index in [1.807, 2.05) is 6.92 Å². The Kier molecular flexibility index (Phi) is 2.98. The van der Waals surface area contributed by atoms with Crippen molar-refractivity contribution in [1.29, 1.82) is 0 Å². The maximum atomic E-state index is 12.0. The minimum Gasteiger partial charge on any atom is -0.295 e. The molecule has 0 N–H and O–H groups in total. The van der Waals surface area contributed by atoms with Crippen LogP contribution in [0.15, 0.2) is 11.6 Å². The molecule has 1 nitrogen and oxygen atoms in total. The molecule has 0 heterocycles. The van der Waals surface area contributed by atoms with E-state index in [4.69, 9.17) is 0 Å². The highest BCUT2D eigenvalue weighted by atomic mass is 16.1. The van der Waals surface area contributed by atoms with Gasteiger partial charge in [-0.2, -0.15) is 0 Å². The van der Waals surface area contributed by atoms with Crippen molar-refractivity contribution in [3.8, 4) is 0 Å². The molecule has 0 aromatic heterocycles. The van der Waals surface area contributed by atoms with Crippen molar-refractivity contribution >= 4 is 5.78 Å². The van der Waals surface area contributed by atoms with Crippen molar-refractivity contribution in [2.75, 3.05) is 0 Å². The molecule has 0 aromatic rings. The minimum absolute atomic E-state index is 0.296. The van der Waals surface area contributed by atoms with Gasteiger partial charge in [-0.05, 0) is 54.9 Å². The molecule has 1 saturated carbocycles. The van der Waals surface area contributed by atoms with E-state index in [0.717, 1.165) is 24.3 Å². The van der Waals surface area contributed by atoms with E-state index in [0.29, 0.717) is 23.0 Å². The van der Waals surface area contributed by atoms with Gasteiger partial charge in [-0.1, -0.05) is 26.8 Å². The Morgan fingerprint density at radius 2 is 2.06 bits per heavy atom. The zero-order valence-electron chi connectivity index (χ0n) is 11.0. The Morgan fingerprint density at radius 1 is 1.38 bits per heavy atom. The third-order valence-electron chi connectivity index (χ3n) is 5.15. The summed E-state index contributed by atoms with van der Waals surface area (Å²) in [4.78, 5) is 12.0. The standard InChI is InChI=1S/C15H24O/c1-10(2)13-6-5-12(4)15(13)8-7-11(3)14(16)9-15/h7,10,12-13H,5-6,8-9H2,1-4H3/t12-,13-,15+/m1/s1. The largest absolute Gasteiger partial charge is 0.295 e. The third-order valence-corrected chi connectivity index (χ3v) is 5.15. The lowest BCUT2D eigenvalue weighted by atomic mass is 9.61. The van der Waals surface area contributed by atoms with Crippen LogP contribution in [-0.2, 0) is 4.79 Å². The smallest absolute Gasteiger partial charge is 0.158 e. The molecule has 0 unspecified atom stereocenters. The normalized spacial score (nSPS) is 39.6. The van der Waals surface area contributed by atoms with Crippen molar-refractivity contribution < 1.29 is 4.79 Å². The Bertz CT molecular complexity index is 326. The van der Waals surface area contributed by atoms with Gasteiger partial charge in [0.2, 0.25) is 0 Å². The predicted molar refractivity (Wildman–Crippen MR) is 67.2 cm³/mol. The monoisotopic (exact) mass is 220 g/mol. The fourth-order valence-corrected chi connectivity index (χ4v) is 3.99. The third kappa shape index (κ3) is 1.65. The molecule has 2 rings (SSSR count). The molecule has 2 aliphatic rings. The Morgan fingerprint density at radius 3 is 2.62 bits per heavy atom. The van der Waals surface area contributed by atoms with Crippen molar-refractivity contribution in [3.63, 3.8) is 0 Å². The van der Waals surface area contributed by atoms with Crippen LogP contribution in [0.3, 0.4) is 0 Å². The van der Waals surface area contributed by atoms with E-state index >= 15 is 0 Å². The highest BCUT2D eigenvalue weighted by molar-refractivity contribution is 5.96. The lowest BCUT2D eigenvalue weighted by molar-refractivity contribution is -0.120. The molecule has 0 bridgehead atoms. The summed E-state index contributed by atoms with van der Waals surface area (Å²) in [6.45, 7) is 8.96. The van der Waals surface area contributed by atoms with Crippen LogP contribution in [-0.4, -0.2) is 5.78 Å². The number of allylic oxidation sites excluding steroid dienone is 2. The molecule has 1 spiro atoms. The quantitative estimate of drug-likeness (QED) is 0.653. The van der Waals surface area contributed by atoms with Gasteiger partial charge in [-0.25, -0.2) is 0 Å². The summed E-state index contributed by atoms with van der Waals surface area (Å²) in [5.74, 6) is 2.57. The van der Waals surface area contributed by atoms with Gasteiger partial charge in [0.15, 0.2) is 5.78 Å². The topological polar surface area (TPSA) is 17.1 Å². The second-order valence-corrected chi connectivity index (χ2v) is 6.25. The zero-order chi connectivity index (χ0) is 11.9. The first-order valence-corrected chi connectivity index (χ1v) is 6.67. The zero-order valence-corrected chi connectivity index (χ0v) is 11.0. The van der Waals surface area contributed by atoms with E-state index in [1.54, 1.807) is 0 Å². The number of ketones is 1. The van der Waals surface area contributed by atoms with Crippen molar-refractivity contribution in [1.82, 2.24) is 0 Å². The van der Waals surface area contributed by atoms with Crippen LogP contribution in [0.25, 0.3) is 0 Å².